The fourth-order valence-electron chi connectivity index (χ4n) is 4.26. The predicted molar refractivity (Wildman–Crippen MR) is 130 cm³/mol. The summed E-state index contributed by atoms with van der Waals surface area (Å²) in [7, 11) is 1.61. The molecule has 0 saturated carbocycles. The first-order valence-electron chi connectivity index (χ1n) is 10.5. The fraction of sp³-hybridized carbons (Fsp3) is 0.192. The number of aryl methyl sites for hydroxylation is 1. The summed E-state index contributed by atoms with van der Waals surface area (Å²) in [6.45, 7) is 3.57. The summed E-state index contributed by atoms with van der Waals surface area (Å²) >= 11 is 12.2. The van der Waals surface area contributed by atoms with Crippen molar-refractivity contribution in [3.8, 4) is 22.6 Å². The first-order valence-corrected chi connectivity index (χ1v) is 11.2. The number of ether oxygens (including phenoxy) is 2. The second-order valence-corrected chi connectivity index (χ2v) is 8.86. The first-order chi connectivity index (χ1) is 15.9. The second-order valence-electron chi connectivity index (χ2n) is 8.05. The Hall–Kier alpha value is -2.99. The summed E-state index contributed by atoms with van der Waals surface area (Å²) in [5.74, 6) is 1.46. The van der Waals surface area contributed by atoms with Crippen molar-refractivity contribution in [1.29, 1.82) is 0 Å². The van der Waals surface area contributed by atoms with Crippen LogP contribution in [0.25, 0.3) is 22.1 Å². The fourth-order valence-corrected chi connectivity index (χ4v) is 4.58. The van der Waals surface area contributed by atoms with Gasteiger partial charge in [-0.3, -0.25) is 4.90 Å². The average Bonchev–Trinajstić information content (AvgIpc) is 2.82. The Kier molecular flexibility index (Phi) is 5.79. The molecule has 0 unspecified atom stereocenters. The van der Waals surface area contributed by atoms with Gasteiger partial charge in [0, 0.05) is 18.5 Å². The lowest BCUT2D eigenvalue weighted by molar-refractivity contribution is 0.0890. The lowest BCUT2D eigenvalue weighted by Gasteiger charge is -2.29. The maximum Gasteiger partial charge on any atom is 0.344 e. The monoisotopic (exact) mass is 481 g/mol. The van der Waals surface area contributed by atoms with E-state index in [9.17, 15) is 4.79 Å². The maximum atomic E-state index is 13.1. The van der Waals surface area contributed by atoms with Crippen LogP contribution in [0, 0.1) is 6.92 Å². The highest BCUT2D eigenvalue weighted by Crippen LogP contribution is 2.36. The van der Waals surface area contributed by atoms with Gasteiger partial charge in [0.2, 0.25) is 0 Å². The summed E-state index contributed by atoms with van der Waals surface area (Å²) in [4.78, 5) is 15.2. The zero-order valence-electron chi connectivity index (χ0n) is 18.2. The third-order valence-electron chi connectivity index (χ3n) is 5.95. The molecule has 3 aromatic carbocycles. The van der Waals surface area contributed by atoms with Crippen LogP contribution < -0.4 is 15.1 Å². The van der Waals surface area contributed by atoms with Gasteiger partial charge in [0.05, 0.1) is 28.3 Å². The zero-order valence-corrected chi connectivity index (χ0v) is 19.7. The number of fused-ring (bicyclic) bond motifs is 3. The van der Waals surface area contributed by atoms with Crippen molar-refractivity contribution >= 4 is 34.2 Å². The van der Waals surface area contributed by atoms with Crippen molar-refractivity contribution in [3.63, 3.8) is 0 Å². The van der Waals surface area contributed by atoms with Crippen LogP contribution in [0.4, 0.5) is 0 Å². The number of hydrogen-bond acceptors (Lipinski definition) is 5. The van der Waals surface area contributed by atoms with E-state index in [0.29, 0.717) is 41.0 Å². The number of rotatable bonds is 4. The van der Waals surface area contributed by atoms with E-state index in [0.717, 1.165) is 39.1 Å². The SMILES string of the molecule is COc1ccc(-c2c(C)c3ccc4c(c3oc2=O)CN(Cc2ccc(Cl)c(Cl)c2)CO4)cc1. The van der Waals surface area contributed by atoms with Gasteiger partial charge >= 0.3 is 5.63 Å². The summed E-state index contributed by atoms with van der Waals surface area (Å²) in [5.41, 5.74) is 4.28. The van der Waals surface area contributed by atoms with Crippen LogP contribution in [-0.2, 0) is 13.1 Å². The molecule has 2 heterocycles. The molecule has 0 saturated heterocycles. The van der Waals surface area contributed by atoms with E-state index < -0.39 is 0 Å². The summed E-state index contributed by atoms with van der Waals surface area (Å²) in [5, 5.41) is 1.93. The lowest BCUT2D eigenvalue weighted by Crippen LogP contribution is -2.31. The summed E-state index contributed by atoms with van der Waals surface area (Å²) < 4.78 is 17.1. The minimum Gasteiger partial charge on any atom is -0.497 e. The van der Waals surface area contributed by atoms with Gasteiger partial charge < -0.3 is 13.9 Å². The minimum absolute atomic E-state index is 0.375. The molecular weight excluding hydrogens is 461 g/mol. The lowest BCUT2D eigenvalue weighted by atomic mass is 9.97. The first kappa shape index (κ1) is 21.8. The van der Waals surface area contributed by atoms with Crippen LogP contribution in [-0.4, -0.2) is 18.7 Å². The molecule has 0 spiro atoms. The van der Waals surface area contributed by atoms with Gasteiger partial charge in [-0.1, -0.05) is 41.4 Å². The molecule has 5 rings (SSSR count). The van der Waals surface area contributed by atoms with E-state index in [1.165, 1.54) is 0 Å². The van der Waals surface area contributed by atoms with Crippen molar-refractivity contribution in [2.24, 2.45) is 0 Å². The van der Waals surface area contributed by atoms with E-state index >= 15 is 0 Å². The summed E-state index contributed by atoms with van der Waals surface area (Å²) in [6.07, 6.45) is 0. The standard InChI is InChI=1S/C26H21Cl2NO4/c1-15-19-8-10-23-20(13-29(14-32-23)12-16-3-9-21(27)22(28)11-16)25(19)33-26(30)24(15)17-4-6-18(31-2)7-5-17/h3-11H,12-14H2,1-2H3. The van der Waals surface area contributed by atoms with Gasteiger partial charge in [-0.25, -0.2) is 4.79 Å². The Morgan fingerprint density at radius 3 is 2.55 bits per heavy atom. The molecule has 0 amide bonds. The van der Waals surface area contributed by atoms with Crippen molar-refractivity contribution in [3.05, 3.63) is 91.8 Å². The molecule has 168 valence electrons. The smallest absolute Gasteiger partial charge is 0.344 e. The van der Waals surface area contributed by atoms with Crippen LogP contribution in [0.2, 0.25) is 10.0 Å². The van der Waals surface area contributed by atoms with Crippen LogP contribution >= 0.6 is 23.2 Å². The van der Waals surface area contributed by atoms with Crippen LogP contribution in [0.5, 0.6) is 11.5 Å². The molecule has 0 bridgehead atoms. The maximum absolute atomic E-state index is 13.1. The summed E-state index contributed by atoms with van der Waals surface area (Å²) in [6, 6.07) is 16.9. The molecule has 33 heavy (non-hydrogen) atoms. The van der Waals surface area contributed by atoms with Gasteiger partial charge in [0.25, 0.3) is 0 Å². The Bertz CT molecular complexity index is 1410. The number of benzene rings is 3. The van der Waals surface area contributed by atoms with E-state index in [2.05, 4.69) is 4.90 Å². The molecule has 4 aromatic rings. The van der Waals surface area contributed by atoms with Gasteiger partial charge in [0.1, 0.15) is 23.8 Å². The van der Waals surface area contributed by atoms with Gasteiger partial charge in [-0.15, -0.1) is 0 Å². The van der Waals surface area contributed by atoms with Crippen molar-refractivity contribution < 1.29 is 13.9 Å². The highest BCUT2D eigenvalue weighted by atomic mass is 35.5. The Labute approximate surface area is 201 Å². The Balaban J connectivity index is 1.53. The highest BCUT2D eigenvalue weighted by Gasteiger charge is 2.24. The highest BCUT2D eigenvalue weighted by molar-refractivity contribution is 6.42. The van der Waals surface area contributed by atoms with E-state index in [1.54, 1.807) is 13.2 Å². The van der Waals surface area contributed by atoms with Crippen molar-refractivity contribution in [2.75, 3.05) is 13.8 Å². The van der Waals surface area contributed by atoms with E-state index in [-0.39, 0.29) is 5.63 Å². The van der Waals surface area contributed by atoms with E-state index in [1.807, 2.05) is 55.5 Å². The van der Waals surface area contributed by atoms with E-state index in [4.69, 9.17) is 37.1 Å². The number of methoxy groups -OCH3 is 1. The third kappa shape index (κ3) is 4.08. The Morgan fingerprint density at radius 1 is 1.03 bits per heavy atom. The molecule has 0 aliphatic carbocycles. The Morgan fingerprint density at radius 2 is 1.82 bits per heavy atom. The zero-order chi connectivity index (χ0) is 23.1. The average molecular weight is 482 g/mol. The number of hydrogen-bond donors (Lipinski definition) is 0. The number of halogens is 2. The molecular formula is C26H21Cl2NO4. The molecule has 0 atom stereocenters. The van der Waals surface area contributed by atoms with Gasteiger partial charge in [-0.05, 0) is 60.0 Å². The van der Waals surface area contributed by atoms with Gasteiger partial charge in [-0.2, -0.15) is 0 Å². The molecule has 0 N–H and O–H groups in total. The quantitative estimate of drug-likeness (QED) is 0.314. The topological polar surface area (TPSA) is 51.9 Å². The minimum atomic E-state index is -0.375. The largest absolute Gasteiger partial charge is 0.497 e. The van der Waals surface area contributed by atoms with Crippen LogP contribution in [0.1, 0.15) is 16.7 Å². The molecule has 1 aromatic heterocycles. The van der Waals surface area contributed by atoms with Crippen molar-refractivity contribution in [2.45, 2.75) is 20.0 Å². The molecule has 0 radical (unpaired) electrons. The van der Waals surface area contributed by atoms with Crippen LogP contribution in [0.15, 0.2) is 63.8 Å². The van der Waals surface area contributed by atoms with Crippen molar-refractivity contribution in [1.82, 2.24) is 4.90 Å². The molecule has 1 aliphatic rings. The normalized spacial score (nSPS) is 13.6. The molecule has 1 aliphatic heterocycles. The second kappa shape index (κ2) is 8.75. The molecule has 5 nitrogen and oxygen atoms in total. The molecule has 0 fully saturated rings. The molecule has 7 heteroatoms. The third-order valence-corrected chi connectivity index (χ3v) is 6.69. The predicted octanol–water partition coefficient (Wildman–Crippen LogP) is 6.44. The number of nitrogens with zero attached hydrogens (tertiary/aromatic N) is 1. The van der Waals surface area contributed by atoms with Crippen LogP contribution in [0.3, 0.4) is 0 Å². The van der Waals surface area contributed by atoms with Gasteiger partial charge in [0.15, 0.2) is 0 Å².